The van der Waals surface area contributed by atoms with Gasteiger partial charge in [-0.15, -0.1) is 0 Å². The van der Waals surface area contributed by atoms with Gasteiger partial charge in [0, 0.05) is 24.6 Å². The number of benzene rings is 1. The zero-order valence-electron chi connectivity index (χ0n) is 14.3. The first-order valence-electron chi connectivity index (χ1n) is 8.30. The van der Waals surface area contributed by atoms with Crippen LogP contribution in [0, 0.1) is 13.8 Å². The van der Waals surface area contributed by atoms with Crippen LogP contribution in [-0.4, -0.2) is 30.3 Å². The van der Waals surface area contributed by atoms with Gasteiger partial charge >= 0.3 is 0 Å². The third kappa shape index (κ3) is 2.80. The molecule has 3 aromatic rings. The van der Waals surface area contributed by atoms with Crippen molar-refractivity contribution in [3.8, 4) is 0 Å². The van der Waals surface area contributed by atoms with E-state index in [1.54, 1.807) is 19.2 Å². The maximum Gasteiger partial charge on any atom is 0.273 e. The zero-order valence-corrected chi connectivity index (χ0v) is 14.3. The highest BCUT2D eigenvalue weighted by Crippen LogP contribution is 2.31. The lowest BCUT2D eigenvalue weighted by Crippen LogP contribution is -2.41. The van der Waals surface area contributed by atoms with E-state index in [9.17, 15) is 4.79 Å². The van der Waals surface area contributed by atoms with E-state index in [0.29, 0.717) is 24.6 Å². The topological polar surface area (TPSA) is 63.9 Å². The first-order chi connectivity index (χ1) is 12.1. The van der Waals surface area contributed by atoms with E-state index in [1.807, 2.05) is 36.2 Å². The molecule has 0 saturated carbocycles. The van der Waals surface area contributed by atoms with E-state index in [1.165, 1.54) is 0 Å². The van der Waals surface area contributed by atoms with Crippen LogP contribution in [0.5, 0.6) is 0 Å². The number of amides is 1. The molecule has 25 heavy (non-hydrogen) atoms. The highest BCUT2D eigenvalue weighted by atomic mass is 16.2. The predicted molar refractivity (Wildman–Crippen MR) is 92.8 cm³/mol. The summed E-state index contributed by atoms with van der Waals surface area (Å²) in [5.41, 5.74) is 2.64. The van der Waals surface area contributed by atoms with Gasteiger partial charge in [-0.25, -0.2) is 15.0 Å². The summed E-state index contributed by atoms with van der Waals surface area (Å²) in [4.78, 5) is 27.9. The molecule has 2 aromatic heterocycles. The summed E-state index contributed by atoms with van der Waals surface area (Å²) >= 11 is 0. The monoisotopic (exact) mass is 333 g/mol. The van der Waals surface area contributed by atoms with Gasteiger partial charge in [0.2, 0.25) is 0 Å². The maximum absolute atomic E-state index is 13.2. The van der Waals surface area contributed by atoms with Gasteiger partial charge in [0.15, 0.2) is 0 Å². The average Bonchev–Trinajstić information content (AvgIpc) is 3.01. The summed E-state index contributed by atoms with van der Waals surface area (Å²) in [5, 5.41) is 0. The number of carbonyl (C=O) groups excluding carboxylic acids is 1. The van der Waals surface area contributed by atoms with Crippen LogP contribution in [0.25, 0.3) is 0 Å². The summed E-state index contributed by atoms with van der Waals surface area (Å²) in [6, 6.07) is 11.7. The number of rotatable bonds is 2. The van der Waals surface area contributed by atoms with Gasteiger partial charge in [-0.1, -0.05) is 30.3 Å². The SMILES string of the molecule is Cc1nccc(C(=O)N2Cc3ncc(C)n3CC2c2ccccc2)n1. The number of hydrogen-bond acceptors (Lipinski definition) is 4. The number of hydrogen-bond donors (Lipinski definition) is 0. The van der Waals surface area contributed by atoms with Crippen LogP contribution < -0.4 is 0 Å². The second kappa shape index (κ2) is 6.12. The molecule has 0 radical (unpaired) electrons. The Kier molecular flexibility index (Phi) is 3.80. The summed E-state index contributed by atoms with van der Waals surface area (Å²) in [5.74, 6) is 1.41. The normalized spacial score (nSPS) is 16.6. The van der Waals surface area contributed by atoms with E-state index in [0.717, 1.165) is 17.1 Å². The van der Waals surface area contributed by atoms with Crippen LogP contribution in [0.4, 0.5) is 0 Å². The molecule has 0 bridgehead atoms. The molecule has 1 unspecified atom stereocenters. The summed E-state index contributed by atoms with van der Waals surface area (Å²) in [7, 11) is 0. The second-order valence-corrected chi connectivity index (χ2v) is 6.28. The minimum atomic E-state index is -0.0914. The highest BCUT2D eigenvalue weighted by Gasteiger charge is 2.33. The fourth-order valence-electron chi connectivity index (χ4n) is 3.32. The Balaban J connectivity index is 1.76. The van der Waals surface area contributed by atoms with Gasteiger partial charge in [-0.05, 0) is 25.5 Å². The summed E-state index contributed by atoms with van der Waals surface area (Å²) < 4.78 is 2.19. The van der Waals surface area contributed by atoms with Crippen molar-refractivity contribution in [2.75, 3.05) is 0 Å². The number of imidazole rings is 1. The molecule has 0 spiro atoms. The maximum atomic E-state index is 13.2. The average molecular weight is 333 g/mol. The summed E-state index contributed by atoms with van der Waals surface area (Å²) in [6.45, 7) is 5.00. The van der Waals surface area contributed by atoms with Crippen LogP contribution in [0.3, 0.4) is 0 Å². The molecule has 0 fully saturated rings. The van der Waals surface area contributed by atoms with Crippen LogP contribution in [0.1, 0.15) is 39.4 Å². The molecule has 0 N–H and O–H groups in total. The van der Waals surface area contributed by atoms with Crippen molar-refractivity contribution in [3.05, 3.63) is 77.4 Å². The molecule has 6 nitrogen and oxygen atoms in total. The number of aromatic nitrogens is 4. The number of carbonyl (C=O) groups is 1. The molecule has 3 heterocycles. The zero-order chi connectivity index (χ0) is 17.4. The molecule has 0 aliphatic carbocycles. The molecule has 126 valence electrons. The van der Waals surface area contributed by atoms with Crippen molar-refractivity contribution in [2.45, 2.75) is 33.0 Å². The molecule has 1 amide bonds. The first kappa shape index (κ1) is 15.5. The minimum Gasteiger partial charge on any atom is -0.328 e. The van der Waals surface area contributed by atoms with Gasteiger partial charge in [0.1, 0.15) is 17.3 Å². The van der Waals surface area contributed by atoms with Gasteiger partial charge in [-0.3, -0.25) is 4.79 Å². The number of fused-ring (bicyclic) bond motifs is 1. The second-order valence-electron chi connectivity index (χ2n) is 6.28. The van der Waals surface area contributed by atoms with Crippen molar-refractivity contribution in [1.29, 1.82) is 0 Å². The fraction of sp³-hybridized carbons (Fsp3) is 0.263. The van der Waals surface area contributed by atoms with Crippen molar-refractivity contribution in [1.82, 2.24) is 24.4 Å². The lowest BCUT2D eigenvalue weighted by atomic mass is 10.0. The Hall–Kier alpha value is -3.02. The van der Waals surface area contributed by atoms with Crippen molar-refractivity contribution in [3.63, 3.8) is 0 Å². The molecule has 6 heteroatoms. The Morgan fingerprint density at radius 3 is 2.68 bits per heavy atom. The van der Waals surface area contributed by atoms with Crippen LogP contribution in [0.15, 0.2) is 48.8 Å². The molecule has 0 saturated heterocycles. The standard InChI is InChI=1S/C19H19N5O/c1-13-10-21-18-12-24(19(25)16-8-9-20-14(2)22-16)17(11-23(13)18)15-6-4-3-5-7-15/h3-10,17H,11-12H2,1-2H3. The van der Waals surface area contributed by atoms with Gasteiger partial charge in [-0.2, -0.15) is 0 Å². The smallest absolute Gasteiger partial charge is 0.273 e. The van der Waals surface area contributed by atoms with Gasteiger partial charge in [0.05, 0.1) is 12.6 Å². The molecule has 1 aliphatic heterocycles. The molecule has 1 atom stereocenters. The highest BCUT2D eigenvalue weighted by molar-refractivity contribution is 5.92. The lowest BCUT2D eigenvalue weighted by molar-refractivity contribution is 0.0576. The lowest BCUT2D eigenvalue weighted by Gasteiger charge is -2.36. The quantitative estimate of drug-likeness (QED) is 0.723. The Morgan fingerprint density at radius 2 is 1.92 bits per heavy atom. The molecule has 4 rings (SSSR count). The Bertz CT molecular complexity index is 919. The summed E-state index contributed by atoms with van der Waals surface area (Å²) in [6.07, 6.45) is 3.49. The molecule has 1 aliphatic rings. The van der Waals surface area contributed by atoms with Crippen molar-refractivity contribution < 1.29 is 4.79 Å². The third-order valence-corrected chi connectivity index (χ3v) is 4.62. The van der Waals surface area contributed by atoms with Crippen molar-refractivity contribution >= 4 is 5.91 Å². The van der Waals surface area contributed by atoms with Crippen LogP contribution in [0.2, 0.25) is 0 Å². The third-order valence-electron chi connectivity index (χ3n) is 4.62. The largest absolute Gasteiger partial charge is 0.328 e. The van der Waals surface area contributed by atoms with Gasteiger partial charge < -0.3 is 9.47 Å². The Morgan fingerprint density at radius 1 is 1.12 bits per heavy atom. The predicted octanol–water partition coefficient (Wildman–Crippen LogP) is 2.69. The van der Waals surface area contributed by atoms with Crippen LogP contribution >= 0.6 is 0 Å². The van der Waals surface area contributed by atoms with Crippen LogP contribution in [-0.2, 0) is 13.1 Å². The van der Waals surface area contributed by atoms with E-state index in [4.69, 9.17) is 0 Å². The Labute approximate surface area is 146 Å². The first-order valence-corrected chi connectivity index (χ1v) is 8.30. The van der Waals surface area contributed by atoms with E-state index >= 15 is 0 Å². The fourth-order valence-corrected chi connectivity index (χ4v) is 3.32. The van der Waals surface area contributed by atoms with E-state index < -0.39 is 0 Å². The van der Waals surface area contributed by atoms with Crippen molar-refractivity contribution in [2.24, 2.45) is 0 Å². The molecular formula is C19H19N5O. The molecule has 1 aromatic carbocycles. The van der Waals surface area contributed by atoms with E-state index in [2.05, 4.69) is 31.7 Å². The van der Waals surface area contributed by atoms with Gasteiger partial charge in [0.25, 0.3) is 5.91 Å². The van der Waals surface area contributed by atoms with E-state index in [-0.39, 0.29) is 11.9 Å². The molecular weight excluding hydrogens is 314 g/mol. The number of nitrogens with zero attached hydrogens (tertiary/aromatic N) is 5. The minimum absolute atomic E-state index is 0.0515. The number of aryl methyl sites for hydroxylation is 2.